The van der Waals surface area contributed by atoms with Gasteiger partial charge in [-0.25, -0.2) is 0 Å². The van der Waals surface area contributed by atoms with E-state index in [0.29, 0.717) is 5.69 Å². The third-order valence-electron chi connectivity index (χ3n) is 3.19. The molecule has 0 heterocycles. The van der Waals surface area contributed by atoms with Crippen LogP contribution in [0.2, 0.25) is 0 Å². The second-order valence-electron chi connectivity index (χ2n) is 5.75. The van der Waals surface area contributed by atoms with E-state index in [9.17, 15) is 9.59 Å². The van der Waals surface area contributed by atoms with Gasteiger partial charge in [0.2, 0.25) is 5.91 Å². The minimum absolute atomic E-state index is 0.0511. The summed E-state index contributed by atoms with van der Waals surface area (Å²) >= 11 is 0. The molecular weight excluding hydrogens is 242 g/mol. The summed E-state index contributed by atoms with van der Waals surface area (Å²) in [6.45, 7) is 7.74. The maximum Gasteiger partial charge on any atom is 0.315 e. The van der Waals surface area contributed by atoms with Gasteiger partial charge in [-0.1, -0.05) is 32.9 Å². The first-order valence-corrected chi connectivity index (χ1v) is 6.25. The van der Waals surface area contributed by atoms with Crippen molar-refractivity contribution in [3.63, 3.8) is 0 Å². The third kappa shape index (κ3) is 3.56. The van der Waals surface area contributed by atoms with Gasteiger partial charge in [0.1, 0.15) is 5.92 Å². The van der Waals surface area contributed by atoms with Crippen LogP contribution in [-0.2, 0) is 15.0 Å². The van der Waals surface area contributed by atoms with E-state index in [1.165, 1.54) is 17.4 Å². The summed E-state index contributed by atoms with van der Waals surface area (Å²) < 4.78 is 0. The van der Waals surface area contributed by atoms with Crippen molar-refractivity contribution in [3.8, 4) is 0 Å². The maximum atomic E-state index is 11.9. The average molecular weight is 263 g/mol. The largest absolute Gasteiger partial charge is 0.481 e. The van der Waals surface area contributed by atoms with Crippen molar-refractivity contribution < 1.29 is 14.7 Å². The predicted molar refractivity (Wildman–Crippen MR) is 75.4 cm³/mol. The lowest BCUT2D eigenvalue weighted by Gasteiger charge is -2.22. The first-order chi connectivity index (χ1) is 8.64. The second-order valence-corrected chi connectivity index (χ2v) is 5.75. The Morgan fingerprint density at radius 1 is 1.16 bits per heavy atom. The van der Waals surface area contributed by atoms with Gasteiger partial charge in [-0.05, 0) is 30.0 Å². The number of carboxylic acid groups (broad SMARTS) is 1. The maximum absolute atomic E-state index is 11.9. The standard InChI is InChI=1S/C15H21NO3/c1-10(14(18)19)13(17)16(5)12-8-6-11(7-9-12)15(2,3)4/h6-10H,1-5H3,(H,18,19). The van der Waals surface area contributed by atoms with Crippen LogP contribution in [0.25, 0.3) is 0 Å². The fourth-order valence-electron chi connectivity index (χ4n) is 1.71. The molecule has 1 aromatic rings. The molecule has 1 amide bonds. The number of carbonyl (C=O) groups excluding carboxylic acids is 1. The highest BCUT2D eigenvalue weighted by molar-refractivity contribution is 6.05. The minimum Gasteiger partial charge on any atom is -0.481 e. The molecule has 0 saturated carbocycles. The topological polar surface area (TPSA) is 57.6 Å². The van der Waals surface area contributed by atoms with Crippen molar-refractivity contribution in [2.24, 2.45) is 5.92 Å². The molecule has 0 fully saturated rings. The zero-order valence-corrected chi connectivity index (χ0v) is 12.1. The number of carboxylic acids is 1. The van der Waals surface area contributed by atoms with Gasteiger partial charge in [0.25, 0.3) is 0 Å². The van der Waals surface area contributed by atoms with Crippen LogP contribution in [-0.4, -0.2) is 24.0 Å². The van der Waals surface area contributed by atoms with Crippen molar-refractivity contribution in [1.82, 2.24) is 0 Å². The summed E-state index contributed by atoms with van der Waals surface area (Å²) in [4.78, 5) is 24.1. The molecule has 4 nitrogen and oxygen atoms in total. The van der Waals surface area contributed by atoms with Gasteiger partial charge in [0.05, 0.1) is 0 Å². The number of carbonyl (C=O) groups is 2. The molecule has 19 heavy (non-hydrogen) atoms. The number of nitrogens with zero attached hydrogens (tertiary/aromatic N) is 1. The first-order valence-electron chi connectivity index (χ1n) is 6.25. The van der Waals surface area contributed by atoms with Crippen molar-refractivity contribution in [2.45, 2.75) is 33.1 Å². The quantitative estimate of drug-likeness (QED) is 0.853. The summed E-state index contributed by atoms with van der Waals surface area (Å²) in [5, 5.41) is 8.85. The summed E-state index contributed by atoms with van der Waals surface area (Å²) in [6, 6.07) is 7.61. The van der Waals surface area contributed by atoms with E-state index in [1.54, 1.807) is 7.05 Å². The highest BCUT2D eigenvalue weighted by Gasteiger charge is 2.25. The highest BCUT2D eigenvalue weighted by Crippen LogP contribution is 2.25. The zero-order valence-electron chi connectivity index (χ0n) is 12.1. The first kappa shape index (κ1) is 15.2. The van der Waals surface area contributed by atoms with Crippen molar-refractivity contribution in [1.29, 1.82) is 0 Å². The molecule has 0 aliphatic heterocycles. The van der Waals surface area contributed by atoms with Crippen LogP contribution in [0, 0.1) is 5.92 Å². The molecular formula is C15H21NO3. The molecule has 0 saturated heterocycles. The summed E-state index contributed by atoms with van der Waals surface area (Å²) in [6.07, 6.45) is 0. The van der Waals surface area contributed by atoms with Crippen LogP contribution >= 0.6 is 0 Å². The Balaban J connectivity index is 2.93. The molecule has 0 aliphatic rings. The van der Waals surface area contributed by atoms with Crippen LogP contribution in [0.1, 0.15) is 33.3 Å². The van der Waals surface area contributed by atoms with E-state index in [-0.39, 0.29) is 5.41 Å². The van der Waals surface area contributed by atoms with E-state index in [2.05, 4.69) is 20.8 Å². The fraction of sp³-hybridized carbons (Fsp3) is 0.467. The third-order valence-corrected chi connectivity index (χ3v) is 3.19. The molecule has 0 radical (unpaired) electrons. The number of rotatable bonds is 3. The van der Waals surface area contributed by atoms with Crippen molar-refractivity contribution >= 4 is 17.6 Å². The lowest BCUT2D eigenvalue weighted by molar-refractivity contribution is -0.145. The van der Waals surface area contributed by atoms with Gasteiger partial charge in [-0.3, -0.25) is 9.59 Å². The molecule has 1 rings (SSSR count). The van der Waals surface area contributed by atoms with E-state index in [1.807, 2.05) is 24.3 Å². The highest BCUT2D eigenvalue weighted by atomic mass is 16.4. The molecule has 104 valence electrons. The number of hydrogen-bond donors (Lipinski definition) is 1. The Bertz CT molecular complexity index is 471. The molecule has 0 spiro atoms. The van der Waals surface area contributed by atoms with Crippen LogP contribution in [0.4, 0.5) is 5.69 Å². The van der Waals surface area contributed by atoms with Gasteiger partial charge >= 0.3 is 5.97 Å². The molecule has 0 aromatic heterocycles. The van der Waals surface area contributed by atoms with Crippen LogP contribution in [0.3, 0.4) is 0 Å². The SMILES string of the molecule is CC(C(=O)O)C(=O)N(C)c1ccc(C(C)(C)C)cc1. The Hall–Kier alpha value is -1.84. The van der Waals surface area contributed by atoms with Gasteiger partial charge in [0.15, 0.2) is 0 Å². The molecule has 1 atom stereocenters. The second kappa shape index (κ2) is 5.43. The summed E-state index contributed by atoms with van der Waals surface area (Å²) in [5.41, 5.74) is 1.92. The number of amides is 1. The fourth-order valence-corrected chi connectivity index (χ4v) is 1.71. The van der Waals surface area contributed by atoms with E-state index >= 15 is 0 Å². The van der Waals surface area contributed by atoms with Gasteiger partial charge in [-0.2, -0.15) is 0 Å². The Morgan fingerprint density at radius 3 is 2.00 bits per heavy atom. The smallest absolute Gasteiger partial charge is 0.315 e. The Labute approximate surface area is 114 Å². The predicted octanol–water partition coefficient (Wildman–Crippen LogP) is 2.67. The van der Waals surface area contributed by atoms with Crippen molar-refractivity contribution in [2.75, 3.05) is 11.9 Å². The molecule has 4 heteroatoms. The Morgan fingerprint density at radius 2 is 1.63 bits per heavy atom. The lowest BCUT2D eigenvalue weighted by Crippen LogP contribution is -2.35. The molecule has 1 aromatic carbocycles. The number of aliphatic carboxylic acids is 1. The van der Waals surface area contributed by atoms with Gasteiger partial charge < -0.3 is 10.0 Å². The van der Waals surface area contributed by atoms with Gasteiger partial charge in [-0.15, -0.1) is 0 Å². The van der Waals surface area contributed by atoms with Crippen molar-refractivity contribution in [3.05, 3.63) is 29.8 Å². The van der Waals surface area contributed by atoms with E-state index in [4.69, 9.17) is 5.11 Å². The monoisotopic (exact) mass is 263 g/mol. The van der Waals surface area contributed by atoms with Gasteiger partial charge in [0, 0.05) is 12.7 Å². The number of anilines is 1. The minimum atomic E-state index is -1.11. The normalized spacial score (nSPS) is 12.9. The number of benzene rings is 1. The van der Waals surface area contributed by atoms with Crippen LogP contribution in [0.15, 0.2) is 24.3 Å². The average Bonchev–Trinajstić information content (AvgIpc) is 2.35. The number of hydrogen-bond acceptors (Lipinski definition) is 2. The summed E-state index contributed by atoms with van der Waals surface area (Å²) in [5.74, 6) is -2.56. The molecule has 0 aliphatic carbocycles. The Kier molecular flexibility index (Phi) is 4.35. The van der Waals surface area contributed by atoms with E-state index in [0.717, 1.165) is 0 Å². The zero-order chi connectivity index (χ0) is 14.8. The summed E-state index contributed by atoms with van der Waals surface area (Å²) in [7, 11) is 1.59. The molecule has 1 unspecified atom stereocenters. The van der Waals surface area contributed by atoms with Crippen LogP contribution in [0.5, 0.6) is 0 Å². The van der Waals surface area contributed by atoms with E-state index < -0.39 is 17.8 Å². The lowest BCUT2D eigenvalue weighted by atomic mass is 9.87. The molecule has 0 bridgehead atoms. The molecule has 1 N–H and O–H groups in total. The van der Waals surface area contributed by atoms with Crippen LogP contribution < -0.4 is 4.90 Å².